The Balaban J connectivity index is 2.17. The zero-order valence-electron chi connectivity index (χ0n) is 23.5. The number of hydrogen-bond acceptors (Lipinski definition) is 9. The molecule has 0 saturated carbocycles. The van der Waals surface area contributed by atoms with Crippen LogP contribution in [-0.4, -0.2) is 97.2 Å². The molecule has 18 heteroatoms. The number of phosphoric ester groups is 1. The van der Waals surface area contributed by atoms with E-state index in [1.807, 2.05) is 0 Å². The maximum absolute atomic E-state index is 13.5. The Morgan fingerprint density at radius 1 is 1.07 bits per heavy atom. The number of benzene rings is 1. The molecule has 238 valence electrons. The van der Waals surface area contributed by atoms with Gasteiger partial charge in [-0.2, -0.15) is 0 Å². The van der Waals surface area contributed by atoms with Crippen molar-refractivity contribution in [2.24, 2.45) is 5.73 Å². The van der Waals surface area contributed by atoms with E-state index < -0.39 is 80.0 Å². The van der Waals surface area contributed by atoms with Gasteiger partial charge in [-0.15, -0.1) is 0 Å². The summed E-state index contributed by atoms with van der Waals surface area (Å²) in [4.78, 5) is 93.1. The maximum atomic E-state index is 13.5. The Morgan fingerprint density at radius 2 is 1.70 bits per heavy atom. The van der Waals surface area contributed by atoms with Crippen molar-refractivity contribution in [3.05, 3.63) is 29.8 Å². The average Bonchev–Trinajstić information content (AvgIpc) is 3.38. The molecule has 17 nitrogen and oxygen atoms in total. The van der Waals surface area contributed by atoms with Crippen LogP contribution in [0.2, 0.25) is 0 Å². The number of carbonyl (C=O) groups is 6. The highest BCUT2D eigenvalue weighted by Crippen LogP contribution is 2.37. The molecule has 1 saturated heterocycles. The van der Waals surface area contributed by atoms with E-state index in [0.717, 1.165) is 11.8 Å². The van der Waals surface area contributed by atoms with Gasteiger partial charge in [-0.25, -0.2) is 4.57 Å². The summed E-state index contributed by atoms with van der Waals surface area (Å²) in [5.41, 5.74) is 5.74. The molecule has 2 rings (SSSR count). The number of carboxylic acid groups (broad SMARTS) is 1. The third-order valence-electron chi connectivity index (χ3n) is 6.47. The van der Waals surface area contributed by atoms with Crippen molar-refractivity contribution in [3.63, 3.8) is 0 Å². The summed E-state index contributed by atoms with van der Waals surface area (Å²) in [6, 6.07) is 0.186. The zero-order chi connectivity index (χ0) is 32.5. The van der Waals surface area contributed by atoms with Gasteiger partial charge in [0.1, 0.15) is 29.9 Å². The van der Waals surface area contributed by atoms with Crippen molar-refractivity contribution in [2.75, 3.05) is 6.54 Å². The minimum atomic E-state index is -4.79. The van der Waals surface area contributed by atoms with E-state index in [9.17, 15) is 38.4 Å². The Bertz CT molecular complexity index is 1250. The number of aliphatic hydroxyl groups is 1. The molecule has 1 fully saturated rings. The number of rotatable bonds is 15. The molecule has 1 aromatic carbocycles. The Labute approximate surface area is 246 Å². The highest BCUT2D eigenvalue weighted by Gasteiger charge is 2.40. The number of primary amides is 1. The normalized spacial score (nSPS) is 17.6. The first kappa shape index (κ1) is 35.1. The van der Waals surface area contributed by atoms with E-state index in [-0.39, 0.29) is 31.6 Å². The van der Waals surface area contributed by atoms with Gasteiger partial charge in [-0.05, 0) is 43.9 Å². The molecule has 43 heavy (non-hydrogen) atoms. The van der Waals surface area contributed by atoms with Crippen molar-refractivity contribution in [1.29, 1.82) is 0 Å². The molecule has 0 radical (unpaired) electrons. The fourth-order valence-electron chi connectivity index (χ4n) is 4.46. The van der Waals surface area contributed by atoms with Crippen LogP contribution in [0, 0.1) is 0 Å². The largest absolute Gasteiger partial charge is 0.524 e. The Morgan fingerprint density at radius 3 is 2.21 bits per heavy atom. The summed E-state index contributed by atoms with van der Waals surface area (Å²) in [5, 5.41) is 26.5. The van der Waals surface area contributed by atoms with Crippen LogP contribution >= 0.6 is 7.82 Å². The molecule has 1 aliphatic rings. The number of nitrogens with one attached hydrogen (secondary N) is 3. The average molecular weight is 630 g/mol. The summed E-state index contributed by atoms with van der Waals surface area (Å²) < 4.78 is 15.5. The molecule has 0 unspecified atom stereocenters. The Hall–Kier alpha value is -4.05. The monoisotopic (exact) mass is 629 g/mol. The standard InChI is InChI=1S/C25H36N5O12P/c1-13(31)21(25(38)30-11-3-4-19(30)24(37)28-17(22(26)35)9-10-20(33)34)29-23(36)18(27-14(2)32)12-15-5-7-16(8-6-15)42-43(39,40)41/h5-8,13,17-19,21,31H,3-4,9-12H2,1-2H3,(H2,26,35)(H,27,32)(H,28,37)(H,29,36)(H,33,34)(H2,39,40,41)/t13-,17+,18+,19+,21+/m1/s1. The number of amides is 5. The van der Waals surface area contributed by atoms with Gasteiger partial charge >= 0.3 is 13.8 Å². The van der Waals surface area contributed by atoms with Crippen LogP contribution < -0.4 is 26.2 Å². The van der Waals surface area contributed by atoms with Crippen LogP contribution in [0.3, 0.4) is 0 Å². The molecular weight excluding hydrogens is 593 g/mol. The molecule has 5 atom stereocenters. The van der Waals surface area contributed by atoms with Crippen LogP contribution in [0.25, 0.3) is 0 Å². The lowest BCUT2D eigenvalue weighted by atomic mass is 10.0. The number of hydrogen-bond donors (Lipinski definition) is 8. The lowest BCUT2D eigenvalue weighted by Gasteiger charge is -2.31. The molecule has 5 amide bonds. The topological polar surface area (TPSA) is 275 Å². The molecule has 1 aliphatic heterocycles. The number of phosphoric acid groups is 1. The number of aliphatic hydroxyl groups excluding tert-OH is 1. The SMILES string of the molecule is CC(=O)N[C@@H](Cc1ccc(OP(=O)(O)O)cc1)C(=O)N[C@H](C(=O)N1CCC[C@H]1C(=O)N[C@@H](CCC(=O)O)C(N)=O)[C@@H](C)O. The van der Waals surface area contributed by atoms with E-state index in [1.165, 1.54) is 31.2 Å². The second-order valence-corrected chi connectivity index (χ2v) is 11.2. The summed E-state index contributed by atoms with van der Waals surface area (Å²) in [7, 11) is -4.79. The number of aliphatic carboxylic acids is 1. The third-order valence-corrected chi connectivity index (χ3v) is 6.92. The molecule has 1 heterocycles. The first-order valence-corrected chi connectivity index (χ1v) is 14.7. The van der Waals surface area contributed by atoms with Crippen LogP contribution in [0.15, 0.2) is 24.3 Å². The number of likely N-dealkylation sites (tertiary alicyclic amines) is 1. The number of carbonyl (C=O) groups excluding carboxylic acids is 5. The molecule has 0 spiro atoms. The number of carboxylic acids is 1. The van der Waals surface area contributed by atoms with Crippen LogP contribution in [0.4, 0.5) is 0 Å². The van der Waals surface area contributed by atoms with Gasteiger partial charge in [0.25, 0.3) is 0 Å². The lowest BCUT2D eigenvalue weighted by Crippen LogP contribution is -2.60. The molecule has 0 bridgehead atoms. The quantitative estimate of drug-likeness (QED) is 0.0969. The first-order valence-electron chi connectivity index (χ1n) is 13.2. The summed E-state index contributed by atoms with van der Waals surface area (Å²) in [6.07, 6.45) is -1.65. The third kappa shape index (κ3) is 11.3. The fourth-order valence-corrected chi connectivity index (χ4v) is 4.86. The highest BCUT2D eigenvalue weighted by atomic mass is 31.2. The summed E-state index contributed by atoms with van der Waals surface area (Å²) in [5.74, 6) is -5.26. The number of nitrogens with zero attached hydrogens (tertiary/aromatic N) is 1. The zero-order valence-corrected chi connectivity index (χ0v) is 24.4. The van der Waals surface area contributed by atoms with E-state index in [4.69, 9.17) is 20.6 Å². The lowest BCUT2D eigenvalue weighted by molar-refractivity contribution is -0.144. The molecular formula is C25H36N5O12P. The predicted molar refractivity (Wildman–Crippen MR) is 147 cm³/mol. The van der Waals surface area contributed by atoms with E-state index in [2.05, 4.69) is 20.5 Å². The van der Waals surface area contributed by atoms with E-state index >= 15 is 0 Å². The second kappa shape index (κ2) is 15.4. The minimum Gasteiger partial charge on any atom is -0.481 e. The summed E-state index contributed by atoms with van der Waals surface area (Å²) in [6.45, 7) is 2.50. The van der Waals surface area contributed by atoms with Crippen molar-refractivity contribution in [1.82, 2.24) is 20.9 Å². The maximum Gasteiger partial charge on any atom is 0.524 e. The van der Waals surface area contributed by atoms with Gasteiger partial charge in [-0.3, -0.25) is 38.6 Å². The van der Waals surface area contributed by atoms with E-state index in [0.29, 0.717) is 12.0 Å². The van der Waals surface area contributed by atoms with Gasteiger partial charge in [0.15, 0.2) is 0 Å². The predicted octanol–water partition coefficient (Wildman–Crippen LogP) is -2.10. The van der Waals surface area contributed by atoms with Gasteiger partial charge in [0.05, 0.1) is 6.10 Å². The first-order chi connectivity index (χ1) is 20.0. The van der Waals surface area contributed by atoms with Gasteiger partial charge in [0, 0.05) is 26.3 Å². The fraction of sp³-hybridized carbons (Fsp3) is 0.520. The summed E-state index contributed by atoms with van der Waals surface area (Å²) >= 11 is 0. The molecule has 1 aromatic rings. The van der Waals surface area contributed by atoms with E-state index in [1.54, 1.807) is 0 Å². The molecule has 0 aromatic heterocycles. The van der Waals surface area contributed by atoms with Gasteiger partial charge < -0.3 is 41.3 Å². The second-order valence-electron chi connectivity index (χ2n) is 10.00. The van der Waals surface area contributed by atoms with Crippen LogP contribution in [0.5, 0.6) is 5.75 Å². The Kier molecular flexibility index (Phi) is 12.6. The minimum absolute atomic E-state index is 0.0878. The smallest absolute Gasteiger partial charge is 0.481 e. The molecule has 9 N–H and O–H groups in total. The van der Waals surface area contributed by atoms with Crippen molar-refractivity contribution >= 4 is 43.3 Å². The van der Waals surface area contributed by atoms with Crippen molar-refractivity contribution in [3.8, 4) is 5.75 Å². The number of nitrogens with two attached hydrogens (primary N) is 1. The van der Waals surface area contributed by atoms with Crippen LogP contribution in [0.1, 0.15) is 45.1 Å². The molecule has 0 aliphatic carbocycles. The van der Waals surface area contributed by atoms with Gasteiger partial charge in [0.2, 0.25) is 29.5 Å². The van der Waals surface area contributed by atoms with Crippen molar-refractivity contribution in [2.45, 2.75) is 76.2 Å². The van der Waals surface area contributed by atoms with Gasteiger partial charge in [-0.1, -0.05) is 12.1 Å². The van der Waals surface area contributed by atoms with Crippen molar-refractivity contribution < 1.29 is 57.9 Å². The highest BCUT2D eigenvalue weighted by molar-refractivity contribution is 7.46. The van der Waals surface area contributed by atoms with Crippen LogP contribution in [-0.2, 0) is 39.8 Å².